The van der Waals surface area contributed by atoms with E-state index in [1.165, 1.54) is 0 Å². The first kappa shape index (κ1) is 14.8. The normalized spacial score (nSPS) is 30.1. The Bertz CT molecular complexity index is 400. The van der Waals surface area contributed by atoms with E-state index in [0.717, 1.165) is 32.1 Å². The van der Waals surface area contributed by atoms with Crippen molar-refractivity contribution in [3.8, 4) is 0 Å². The average Bonchev–Trinajstić information content (AvgIpc) is 2.62. The standard InChI is InChI=1S/C15H24N2O4/c18-13-4-7-17(10-12-11-20-8-9-21-12)14(19)15(16-13)5-2-1-3-6-15/h12H,1-11H2,(H,16,18). The van der Waals surface area contributed by atoms with Crippen LogP contribution in [0.25, 0.3) is 0 Å². The highest BCUT2D eigenvalue weighted by Crippen LogP contribution is 2.31. The molecule has 118 valence electrons. The van der Waals surface area contributed by atoms with Gasteiger partial charge in [-0.3, -0.25) is 9.59 Å². The van der Waals surface area contributed by atoms with Gasteiger partial charge in [0.05, 0.1) is 25.9 Å². The minimum absolute atomic E-state index is 0.00596. The number of nitrogens with one attached hydrogen (secondary N) is 1. The van der Waals surface area contributed by atoms with E-state index in [2.05, 4.69) is 5.32 Å². The molecule has 1 saturated carbocycles. The van der Waals surface area contributed by atoms with Gasteiger partial charge in [0, 0.05) is 19.5 Å². The Morgan fingerprint density at radius 2 is 2.00 bits per heavy atom. The maximum atomic E-state index is 13.0. The van der Waals surface area contributed by atoms with Crippen molar-refractivity contribution >= 4 is 11.8 Å². The quantitative estimate of drug-likeness (QED) is 0.803. The zero-order valence-electron chi connectivity index (χ0n) is 12.4. The van der Waals surface area contributed by atoms with Crippen LogP contribution in [0.3, 0.4) is 0 Å². The van der Waals surface area contributed by atoms with Crippen molar-refractivity contribution in [2.24, 2.45) is 0 Å². The summed E-state index contributed by atoms with van der Waals surface area (Å²) < 4.78 is 11.1. The smallest absolute Gasteiger partial charge is 0.248 e. The molecule has 2 heterocycles. The molecular weight excluding hydrogens is 272 g/mol. The summed E-state index contributed by atoms with van der Waals surface area (Å²) in [4.78, 5) is 26.8. The van der Waals surface area contributed by atoms with Gasteiger partial charge in [0.2, 0.25) is 11.8 Å². The first-order chi connectivity index (χ1) is 10.2. The number of rotatable bonds is 2. The van der Waals surface area contributed by atoms with Crippen molar-refractivity contribution in [3.63, 3.8) is 0 Å². The monoisotopic (exact) mass is 296 g/mol. The predicted molar refractivity (Wildman–Crippen MR) is 75.7 cm³/mol. The highest BCUT2D eigenvalue weighted by atomic mass is 16.6. The van der Waals surface area contributed by atoms with Gasteiger partial charge in [-0.15, -0.1) is 0 Å². The molecule has 3 aliphatic rings. The molecule has 1 atom stereocenters. The number of carbonyl (C=O) groups excluding carboxylic acids is 2. The fraction of sp³-hybridized carbons (Fsp3) is 0.867. The minimum atomic E-state index is -0.665. The van der Waals surface area contributed by atoms with Crippen molar-refractivity contribution in [1.82, 2.24) is 10.2 Å². The first-order valence-corrected chi connectivity index (χ1v) is 7.99. The molecule has 0 radical (unpaired) electrons. The van der Waals surface area contributed by atoms with Crippen molar-refractivity contribution in [3.05, 3.63) is 0 Å². The van der Waals surface area contributed by atoms with Crippen LogP contribution in [0, 0.1) is 0 Å². The number of carbonyl (C=O) groups is 2. The van der Waals surface area contributed by atoms with E-state index in [9.17, 15) is 9.59 Å². The summed E-state index contributed by atoms with van der Waals surface area (Å²) in [6.45, 7) is 2.73. The van der Waals surface area contributed by atoms with Crippen molar-refractivity contribution in [2.75, 3.05) is 32.9 Å². The third-order valence-corrected chi connectivity index (χ3v) is 4.70. The van der Waals surface area contributed by atoms with E-state index >= 15 is 0 Å². The van der Waals surface area contributed by atoms with Crippen LogP contribution in [-0.4, -0.2) is 61.3 Å². The van der Waals surface area contributed by atoms with Gasteiger partial charge in [-0.2, -0.15) is 0 Å². The zero-order valence-corrected chi connectivity index (χ0v) is 12.4. The maximum Gasteiger partial charge on any atom is 0.248 e. The summed E-state index contributed by atoms with van der Waals surface area (Å²) >= 11 is 0. The second-order valence-electron chi connectivity index (χ2n) is 6.26. The van der Waals surface area contributed by atoms with Crippen LogP contribution in [0.2, 0.25) is 0 Å². The van der Waals surface area contributed by atoms with E-state index in [-0.39, 0.29) is 17.9 Å². The lowest BCUT2D eigenvalue weighted by Crippen LogP contribution is -2.59. The van der Waals surface area contributed by atoms with Crippen LogP contribution in [0.1, 0.15) is 38.5 Å². The topological polar surface area (TPSA) is 67.9 Å². The average molecular weight is 296 g/mol. The molecule has 0 bridgehead atoms. The van der Waals surface area contributed by atoms with Crippen LogP contribution in [-0.2, 0) is 19.1 Å². The number of nitrogens with zero attached hydrogens (tertiary/aromatic N) is 1. The molecule has 1 N–H and O–H groups in total. The molecule has 1 aliphatic carbocycles. The molecule has 2 saturated heterocycles. The minimum Gasteiger partial charge on any atom is -0.376 e. The highest BCUT2D eigenvalue weighted by Gasteiger charge is 2.45. The number of hydrogen-bond donors (Lipinski definition) is 1. The van der Waals surface area contributed by atoms with Gasteiger partial charge < -0.3 is 19.7 Å². The Kier molecular flexibility index (Phi) is 4.45. The van der Waals surface area contributed by atoms with Crippen LogP contribution in [0.15, 0.2) is 0 Å². The number of hydrogen-bond acceptors (Lipinski definition) is 4. The fourth-order valence-corrected chi connectivity index (χ4v) is 3.58. The molecule has 0 aromatic rings. The molecule has 6 nitrogen and oxygen atoms in total. The molecule has 2 aliphatic heterocycles. The number of ether oxygens (including phenoxy) is 2. The Morgan fingerprint density at radius 1 is 1.19 bits per heavy atom. The Balaban J connectivity index is 1.72. The summed E-state index contributed by atoms with van der Waals surface area (Å²) in [6.07, 6.45) is 4.97. The van der Waals surface area contributed by atoms with Crippen LogP contribution in [0.5, 0.6) is 0 Å². The first-order valence-electron chi connectivity index (χ1n) is 7.99. The molecule has 3 rings (SSSR count). The van der Waals surface area contributed by atoms with E-state index < -0.39 is 5.54 Å². The summed E-state index contributed by atoms with van der Waals surface area (Å²) in [5.41, 5.74) is -0.665. The van der Waals surface area contributed by atoms with E-state index in [0.29, 0.717) is 39.3 Å². The Morgan fingerprint density at radius 3 is 2.71 bits per heavy atom. The molecule has 0 aromatic carbocycles. The van der Waals surface area contributed by atoms with Gasteiger partial charge in [0.1, 0.15) is 5.54 Å². The summed E-state index contributed by atoms with van der Waals surface area (Å²) in [6, 6.07) is 0. The van der Waals surface area contributed by atoms with E-state index in [1.807, 2.05) is 4.90 Å². The lowest BCUT2D eigenvalue weighted by atomic mass is 9.80. The zero-order chi connectivity index (χ0) is 14.7. The van der Waals surface area contributed by atoms with E-state index in [4.69, 9.17) is 9.47 Å². The van der Waals surface area contributed by atoms with Gasteiger partial charge in [-0.05, 0) is 12.8 Å². The van der Waals surface area contributed by atoms with Gasteiger partial charge in [-0.1, -0.05) is 19.3 Å². The molecule has 2 amide bonds. The van der Waals surface area contributed by atoms with Gasteiger partial charge in [0.25, 0.3) is 0 Å². The van der Waals surface area contributed by atoms with Gasteiger partial charge in [0.15, 0.2) is 0 Å². The molecule has 1 unspecified atom stereocenters. The van der Waals surface area contributed by atoms with E-state index in [1.54, 1.807) is 0 Å². The second-order valence-corrected chi connectivity index (χ2v) is 6.26. The Labute approximate surface area is 125 Å². The molecular formula is C15H24N2O4. The maximum absolute atomic E-state index is 13.0. The third-order valence-electron chi connectivity index (χ3n) is 4.70. The van der Waals surface area contributed by atoms with Crippen LogP contribution < -0.4 is 5.32 Å². The molecule has 0 aromatic heterocycles. The lowest BCUT2D eigenvalue weighted by Gasteiger charge is -2.39. The van der Waals surface area contributed by atoms with Crippen LogP contribution in [0.4, 0.5) is 0 Å². The van der Waals surface area contributed by atoms with Crippen molar-refractivity contribution in [1.29, 1.82) is 0 Å². The predicted octanol–water partition coefficient (Wildman–Crippen LogP) is 0.453. The second kappa shape index (κ2) is 6.32. The Hall–Kier alpha value is -1.14. The molecule has 21 heavy (non-hydrogen) atoms. The SMILES string of the molecule is O=C1CCN(CC2COCCO2)C(=O)C2(CCCCC2)N1. The third kappa shape index (κ3) is 3.21. The van der Waals surface area contributed by atoms with Crippen molar-refractivity contribution < 1.29 is 19.1 Å². The molecule has 1 spiro atoms. The summed E-state index contributed by atoms with van der Waals surface area (Å²) in [5, 5.41) is 3.01. The fourth-order valence-electron chi connectivity index (χ4n) is 3.58. The molecule has 3 fully saturated rings. The largest absolute Gasteiger partial charge is 0.376 e. The lowest BCUT2D eigenvalue weighted by molar-refractivity contribution is -0.145. The van der Waals surface area contributed by atoms with Crippen LogP contribution >= 0.6 is 0 Å². The molecule has 6 heteroatoms. The number of amides is 2. The highest BCUT2D eigenvalue weighted by molar-refractivity contribution is 5.93. The van der Waals surface area contributed by atoms with Crippen molar-refractivity contribution in [2.45, 2.75) is 50.2 Å². The summed E-state index contributed by atoms with van der Waals surface area (Å²) in [7, 11) is 0. The summed E-state index contributed by atoms with van der Waals surface area (Å²) in [5.74, 6) is 0.0655. The van der Waals surface area contributed by atoms with Gasteiger partial charge in [-0.25, -0.2) is 0 Å². The van der Waals surface area contributed by atoms with Gasteiger partial charge >= 0.3 is 0 Å².